The zero-order valence-corrected chi connectivity index (χ0v) is 21.0. The Kier molecular flexibility index (Phi) is 6.69. The number of nitro benzene ring substituents is 1. The summed E-state index contributed by atoms with van der Waals surface area (Å²) in [4.78, 5) is 43.3. The molecule has 37 heavy (non-hydrogen) atoms. The molecule has 0 unspecified atom stereocenters. The van der Waals surface area contributed by atoms with Gasteiger partial charge in [-0.05, 0) is 36.8 Å². The van der Waals surface area contributed by atoms with Crippen LogP contribution in [0.2, 0.25) is 0 Å². The van der Waals surface area contributed by atoms with Crippen molar-refractivity contribution in [3.63, 3.8) is 0 Å². The molecule has 11 nitrogen and oxygen atoms in total. The third kappa shape index (κ3) is 4.58. The molecule has 2 aliphatic heterocycles. The van der Waals surface area contributed by atoms with Crippen molar-refractivity contribution in [2.24, 2.45) is 11.8 Å². The van der Waals surface area contributed by atoms with Gasteiger partial charge in [0.05, 0.1) is 34.9 Å². The molecule has 0 aliphatic carbocycles. The third-order valence-electron chi connectivity index (χ3n) is 6.72. The van der Waals surface area contributed by atoms with Gasteiger partial charge in [-0.2, -0.15) is 5.10 Å². The summed E-state index contributed by atoms with van der Waals surface area (Å²) in [6, 6.07) is 9.12. The quantitative estimate of drug-likeness (QED) is 0.194. The molecule has 0 bridgehead atoms. The van der Waals surface area contributed by atoms with Crippen LogP contribution < -0.4 is 0 Å². The van der Waals surface area contributed by atoms with Gasteiger partial charge in [0.15, 0.2) is 5.65 Å². The van der Waals surface area contributed by atoms with Gasteiger partial charge in [-0.3, -0.25) is 14.9 Å². The highest BCUT2D eigenvalue weighted by Crippen LogP contribution is 2.50. The van der Waals surface area contributed by atoms with Gasteiger partial charge in [0.25, 0.3) is 5.69 Å². The highest BCUT2D eigenvalue weighted by Gasteiger charge is 2.60. The number of hydrogen-bond acceptors (Lipinski definition) is 9. The summed E-state index contributed by atoms with van der Waals surface area (Å²) in [5.41, 5.74) is 2.36. The number of carbonyl (C=O) groups is 2. The average molecular weight is 524 g/mol. The van der Waals surface area contributed by atoms with Gasteiger partial charge in [0.1, 0.15) is 12.3 Å². The first-order valence-corrected chi connectivity index (χ1v) is 12.8. The second-order valence-electron chi connectivity index (χ2n) is 9.12. The largest absolute Gasteiger partial charge is 0.456 e. The molecule has 1 fully saturated rings. The first-order chi connectivity index (χ1) is 17.8. The fourth-order valence-corrected chi connectivity index (χ4v) is 6.15. The lowest BCUT2D eigenvalue weighted by molar-refractivity contribution is -0.384. The number of nitrogens with zero attached hydrogens (tertiary/aromatic N) is 5. The number of esters is 1. The van der Waals surface area contributed by atoms with E-state index in [0.717, 1.165) is 16.2 Å². The van der Waals surface area contributed by atoms with Crippen LogP contribution in [0.25, 0.3) is 5.65 Å². The minimum absolute atomic E-state index is 0.0549. The van der Waals surface area contributed by atoms with E-state index in [2.05, 4.69) is 10.1 Å². The van der Waals surface area contributed by atoms with E-state index in [9.17, 15) is 24.8 Å². The van der Waals surface area contributed by atoms with E-state index < -0.39 is 22.9 Å². The van der Waals surface area contributed by atoms with E-state index in [1.807, 2.05) is 25.3 Å². The van der Waals surface area contributed by atoms with E-state index >= 15 is 0 Å². The molecular weight excluding hydrogens is 498 g/mol. The Morgan fingerprint density at radius 1 is 1.30 bits per heavy atom. The number of β-lactam (4-membered cyclic amide) rings is 1. The SMILES string of the molecule is C[C@@H](O)[C@H]1C(=O)N2C(C(=O)OCc3ccc([N+](=O)[O-])cc3)=C(SCCc3cn4ncccc4n3)[C@H](C)[C@H]12. The number of amides is 1. The van der Waals surface area contributed by atoms with Crippen LogP contribution in [0, 0.1) is 22.0 Å². The topological polar surface area (TPSA) is 140 Å². The summed E-state index contributed by atoms with van der Waals surface area (Å²) in [6.45, 7) is 3.45. The Morgan fingerprint density at radius 2 is 2.05 bits per heavy atom. The minimum Gasteiger partial charge on any atom is -0.456 e. The van der Waals surface area contributed by atoms with Crippen LogP contribution >= 0.6 is 11.8 Å². The van der Waals surface area contributed by atoms with Crippen molar-refractivity contribution in [2.75, 3.05) is 5.75 Å². The summed E-state index contributed by atoms with van der Waals surface area (Å²) >= 11 is 1.48. The zero-order valence-electron chi connectivity index (χ0n) is 20.2. The Bertz CT molecular complexity index is 1370. The lowest BCUT2D eigenvalue weighted by Crippen LogP contribution is -2.63. The van der Waals surface area contributed by atoms with Crippen molar-refractivity contribution in [3.05, 3.63) is 80.8 Å². The van der Waals surface area contributed by atoms with E-state index in [4.69, 9.17) is 4.74 Å². The number of rotatable bonds is 9. The molecule has 3 aromatic rings. The summed E-state index contributed by atoms with van der Waals surface area (Å²) in [5.74, 6) is -1.03. The van der Waals surface area contributed by atoms with Crippen LogP contribution in [0.15, 0.2) is 59.4 Å². The number of hydrogen-bond donors (Lipinski definition) is 1. The summed E-state index contributed by atoms with van der Waals surface area (Å²) < 4.78 is 7.24. The van der Waals surface area contributed by atoms with Crippen LogP contribution in [-0.4, -0.2) is 59.3 Å². The molecule has 12 heteroatoms. The lowest BCUT2D eigenvalue weighted by atomic mass is 9.79. The number of aliphatic hydroxyl groups is 1. The zero-order chi connectivity index (χ0) is 26.3. The molecule has 0 saturated carbocycles. The Balaban J connectivity index is 1.33. The molecular formula is C25H25N5O6S. The number of carbonyl (C=O) groups excluding carboxylic acids is 2. The second kappa shape index (κ2) is 9.94. The number of aryl methyl sites for hydroxylation is 1. The van der Waals surface area contributed by atoms with Crippen molar-refractivity contribution >= 4 is 35.0 Å². The number of benzene rings is 1. The van der Waals surface area contributed by atoms with E-state index in [1.54, 1.807) is 17.6 Å². The monoisotopic (exact) mass is 523 g/mol. The van der Waals surface area contributed by atoms with Gasteiger partial charge in [-0.1, -0.05) is 6.92 Å². The van der Waals surface area contributed by atoms with Crippen LogP contribution in [-0.2, 0) is 27.4 Å². The number of fused-ring (bicyclic) bond motifs is 2. The molecule has 2 aliphatic rings. The fourth-order valence-electron chi connectivity index (χ4n) is 4.90. The maximum absolute atomic E-state index is 13.2. The maximum atomic E-state index is 13.2. The molecule has 0 radical (unpaired) electrons. The van der Waals surface area contributed by atoms with Crippen LogP contribution in [0.3, 0.4) is 0 Å². The normalized spacial score (nSPS) is 21.6. The van der Waals surface area contributed by atoms with Gasteiger partial charge in [-0.25, -0.2) is 14.3 Å². The van der Waals surface area contributed by atoms with Crippen LogP contribution in [0.1, 0.15) is 25.1 Å². The number of thioether (sulfide) groups is 1. The van der Waals surface area contributed by atoms with Crippen LogP contribution in [0.5, 0.6) is 0 Å². The third-order valence-corrected chi connectivity index (χ3v) is 8.01. The molecule has 1 aromatic carbocycles. The number of non-ortho nitro benzene ring substituents is 1. The van der Waals surface area contributed by atoms with E-state index in [-0.39, 0.29) is 35.9 Å². The Morgan fingerprint density at radius 3 is 2.73 bits per heavy atom. The van der Waals surface area contributed by atoms with Gasteiger partial charge >= 0.3 is 5.97 Å². The van der Waals surface area contributed by atoms with Crippen molar-refractivity contribution < 1.29 is 24.4 Å². The van der Waals surface area contributed by atoms with E-state index in [0.29, 0.717) is 17.7 Å². The molecule has 0 spiro atoms. The molecule has 4 atom stereocenters. The Hall–Kier alpha value is -3.77. The van der Waals surface area contributed by atoms with Crippen LogP contribution in [0.4, 0.5) is 5.69 Å². The minimum atomic E-state index is -0.830. The summed E-state index contributed by atoms with van der Waals surface area (Å²) in [7, 11) is 0. The van der Waals surface area contributed by atoms with Gasteiger partial charge in [0.2, 0.25) is 5.91 Å². The molecule has 1 N–H and O–H groups in total. The number of nitro groups is 1. The Labute approximate surface area is 216 Å². The van der Waals surface area contributed by atoms with Gasteiger partial charge in [-0.15, -0.1) is 11.8 Å². The smallest absolute Gasteiger partial charge is 0.356 e. The molecule has 192 valence electrons. The van der Waals surface area contributed by atoms with Gasteiger partial charge < -0.3 is 14.7 Å². The molecule has 1 amide bonds. The maximum Gasteiger partial charge on any atom is 0.356 e. The number of aliphatic hydroxyl groups excluding tert-OH is 1. The van der Waals surface area contributed by atoms with Gasteiger partial charge in [0, 0.05) is 41.3 Å². The molecule has 5 rings (SSSR count). The second-order valence-corrected chi connectivity index (χ2v) is 10.3. The first-order valence-electron chi connectivity index (χ1n) is 11.8. The molecule has 2 aromatic heterocycles. The van der Waals surface area contributed by atoms with Crippen molar-refractivity contribution in [1.29, 1.82) is 0 Å². The number of ether oxygens (including phenoxy) is 1. The highest BCUT2D eigenvalue weighted by molar-refractivity contribution is 8.03. The predicted octanol–water partition coefficient (Wildman–Crippen LogP) is 2.73. The summed E-state index contributed by atoms with van der Waals surface area (Å²) in [6.07, 6.45) is 3.35. The highest BCUT2D eigenvalue weighted by atomic mass is 32.2. The average Bonchev–Trinajstić information content (AvgIpc) is 3.39. The van der Waals surface area contributed by atoms with Crippen molar-refractivity contribution in [3.8, 4) is 0 Å². The fraction of sp³-hybridized carbons (Fsp3) is 0.360. The standard InChI is InChI=1S/C25H25N5O6S/c1-14-21-20(15(2)31)24(32)29(21)22(25(33)36-13-16-5-7-18(8-6-16)30(34)35)23(14)37-11-9-17-12-28-19(27-17)4-3-10-26-28/h3-8,10,12,14-15,20-21,31H,9,11,13H2,1-2H3/t14-,15-,20-,21-/m1/s1. The lowest BCUT2D eigenvalue weighted by Gasteiger charge is -2.46. The molecule has 1 saturated heterocycles. The number of aromatic nitrogens is 3. The van der Waals surface area contributed by atoms with Crippen molar-refractivity contribution in [1.82, 2.24) is 19.5 Å². The predicted molar refractivity (Wildman–Crippen MR) is 134 cm³/mol. The van der Waals surface area contributed by atoms with E-state index in [1.165, 1.54) is 40.9 Å². The molecule has 4 heterocycles. The van der Waals surface area contributed by atoms with Crippen molar-refractivity contribution in [2.45, 2.75) is 39.0 Å². The first kappa shape index (κ1) is 24.9. The summed E-state index contributed by atoms with van der Waals surface area (Å²) in [5, 5.41) is 25.3. The number of imidazole rings is 1.